The lowest BCUT2D eigenvalue weighted by Gasteiger charge is -2.38. The average Bonchev–Trinajstić information content (AvgIpc) is 2.36. The molecule has 1 aromatic carbocycles. The van der Waals surface area contributed by atoms with E-state index in [9.17, 15) is 0 Å². The Morgan fingerprint density at radius 3 is 2.21 bits per heavy atom. The summed E-state index contributed by atoms with van der Waals surface area (Å²) in [6.07, 6.45) is 8.30. The van der Waals surface area contributed by atoms with Crippen molar-refractivity contribution < 1.29 is 0 Å². The Hall–Kier alpha value is -0.820. The second-order valence-electron chi connectivity index (χ2n) is 6.51. The van der Waals surface area contributed by atoms with Gasteiger partial charge in [-0.15, -0.1) is 0 Å². The molecule has 19 heavy (non-hydrogen) atoms. The smallest absolute Gasteiger partial charge is 0.00109 e. The monoisotopic (exact) mass is 259 g/mol. The van der Waals surface area contributed by atoms with E-state index >= 15 is 0 Å². The molecule has 0 aliphatic heterocycles. The Balaban J connectivity index is 2.14. The van der Waals surface area contributed by atoms with Gasteiger partial charge in [0.05, 0.1) is 0 Å². The highest BCUT2D eigenvalue weighted by atomic mass is 14.9. The largest absolute Gasteiger partial charge is 0.316 e. The van der Waals surface area contributed by atoms with E-state index in [1.54, 1.807) is 0 Å². The van der Waals surface area contributed by atoms with E-state index in [-0.39, 0.29) is 0 Å². The predicted octanol–water partition coefficient (Wildman–Crippen LogP) is 4.41. The van der Waals surface area contributed by atoms with E-state index in [1.165, 1.54) is 61.8 Å². The van der Waals surface area contributed by atoms with E-state index in [1.807, 2.05) is 0 Å². The number of benzene rings is 1. The van der Waals surface area contributed by atoms with Crippen molar-refractivity contribution in [3.63, 3.8) is 0 Å². The highest BCUT2D eigenvalue weighted by Crippen LogP contribution is 2.39. The maximum Gasteiger partial charge on any atom is 0.00109 e. The van der Waals surface area contributed by atoms with Crippen molar-refractivity contribution in [3.8, 4) is 0 Å². The van der Waals surface area contributed by atoms with Crippen molar-refractivity contribution in [1.29, 1.82) is 0 Å². The van der Waals surface area contributed by atoms with E-state index in [4.69, 9.17) is 0 Å². The normalized spacial score (nSPS) is 18.5. The molecule has 1 nitrogen and oxygen atoms in total. The Bertz CT molecular complexity index is 382. The minimum absolute atomic E-state index is 0.508. The lowest BCUT2D eigenvalue weighted by atomic mass is 9.70. The second kappa shape index (κ2) is 6.56. The van der Waals surface area contributed by atoms with Crippen LogP contribution in [0.25, 0.3) is 0 Å². The summed E-state index contributed by atoms with van der Waals surface area (Å²) in [6, 6.07) is 7.05. The molecular weight excluding hydrogens is 230 g/mol. The third kappa shape index (κ3) is 4.07. The van der Waals surface area contributed by atoms with Crippen LogP contribution in [0.2, 0.25) is 0 Å². The molecule has 106 valence electrons. The first-order valence-corrected chi connectivity index (χ1v) is 7.91. The molecule has 1 aliphatic rings. The molecule has 0 saturated heterocycles. The molecule has 1 aromatic rings. The molecule has 2 rings (SSSR count). The molecule has 1 saturated carbocycles. The Morgan fingerprint density at radius 1 is 1.00 bits per heavy atom. The van der Waals surface area contributed by atoms with Gasteiger partial charge >= 0.3 is 0 Å². The van der Waals surface area contributed by atoms with Gasteiger partial charge in [-0.05, 0) is 50.6 Å². The van der Waals surface area contributed by atoms with Crippen LogP contribution < -0.4 is 5.32 Å². The van der Waals surface area contributed by atoms with Gasteiger partial charge in [-0.1, -0.05) is 55.5 Å². The standard InChI is InChI=1S/C18H29N/c1-4-19-14-18(8-6-5-7-9-18)13-17-11-15(2)10-16(3)12-17/h10-12,19H,4-9,13-14H2,1-3H3. The fourth-order valence-electron chi connectivity index (χ4n) is 3.71. The molecule has 0 spiro atoms. The maximum absolute atomic E-state index is 3.61. The average molecular weight is 259 g/mol. The van der Waals surface area contributed by atoms with Crippen LogP contribution in [-0.2, 0) is 6.42 Å². The Morgan fingerprint density at radius 2 is 1.63 bits per heavy atom. The summed E-state index contributed by atoms with van der Waals surface area (Å²) in [5, 5.41) is 3.61. The summed E-state index contributed by atoms with van der Waals surface area (Å²) < 4.78 is 0. The fourth-order valence-corrected chi connectivity index (χ4v) is 3.71. The first-order valence-electron chi connectivity index (χ1n) is 7.91. The van der Waals surface area contributed by atoms with Crippen LogP contribution in [0.5, 0.6) is 0 Å². The summed E-state index contributed by atoms with van der Waals surface area (Å²) in [5.41, 5.74) is 4.86. The van der Waals surface area contributed by atoms with Crippen molar-refractivity contribution in [3.05, 3.63) is 34.9 Å². The van der Waals surface area contributed by atoms with Gasteiger partial charge in [-0.3, -0.25) is 0 Å². The Labute approximate surface area is 118 Å². The van der Waals surface area contributed by atoms with Gasteiger partial charge in [0.25, 0.3) is 0 Å². The minimum Gasteiger partial charge on any atom is -0.316 e. The van der Waals surface area contributed by atoms with Gasteiger partial charge in [0, 0.05) is 6.54 Å². The summed E-state index contributed by atoms with van der Waals surface area (Å²) in [6.45, 7) is 8.93. The highest BCUT2D eigenvalue weighted by molar-refractivity contribution is 5.29. The molecule has 0 bridgehead atoms. The van der Waals surface area contributed by atoms with Crippen LogP contribution in [0.15, 0.2) is 18.2 Å². The third-order valence-corrected chi connectivity index (χ3v) is 4.52. The van der Waals surface area contributed by atoms with Crippen molar-refractivity contribution >= 4 is 0 Å². The topological polar surface area (TPSA) is 12.0 Å². The molecule has 1 heteroatoms. The lowest BCUT2D eigenvalue weighted by Crippen LogP contribution is -2.38. The minimum atomic E-state index is 0.508. The van der Waals surface area contributed by atoms with Crippen molar-refractivity contribution in [1.82, 2.24) is 5.32 Å². The first kappa shape index (κ1) is 14.6. The quantitative estimate of drug-likeness (QED) is 0.826. The van der Waals surface area contributed by atoms with E-state index < -0.39 is 0 Å². The van der Waals surface area contributed by atoms with Crippen LogP contribution in [0, 0.1) is 19.3 Å². The van der Waals surface area contributed by atoms with Crippen molar-refractivity contribution in [2.24, 2.45) is 5.41 Å². The van der Waals surface area contributed by atoms with E-state index in [0.29, 0.717) is 5.41 Å². The molecule has 0 heterocycles. The number of nitrogens with one attached hydrogen (secondary N) is 1. The maximum atomic E-state index is 3.61. The Kier molecular flexibility index (Phi) is 5.04. The zero-order chi connectivity index (χ0) is 13.7. The number of hydrogen-bond acceptors (Lipinski definition) is 1. The molecule has 0 aromatic heterocycles. The van der Waals surface area contributed by atoms with Gasteiger partial charge in [0.2, 0.25) is 0 Å². The zero-order valence-electron chi connectivity index (χ0n) is 12.9. The van der Waals surface area contributed by atoms with Gasteiger partial charge in [0.15, 0.2) is 0 Å². The van der Waals surface area contributed by atoms with Crippen LogP contribution >= 0.6 is 0 Å². The first-order chi connectivity index (χ1) is 9.13. The van der Waals surface area contributed by atoms with Gasteiger partial charge in [0.1, 0.15) is 0 Å². The second-order valence-corrected chi connectivity index (χ2v) is 6.51. The SMILES string of the molecule is CCNCC1(Cc2cc(C)cc(C)c2)CCCCC1. The molecule has 1 aliphatic carbocycles. The lowest BCUT2D eigenvalue weighted by molar-refractivity contribution is 0.182. The predicted molar refractivity (Wildman–Crippen MR) is 83.7 cm³/mol. The molecule has 0 atom stereocenters. The van der Waals surface area contributed by atoms with Crippen LogP contribution in [0.4, 0.5) is 0 Å². The molecule has 0 amide bonds. The highest BCUT2D eigenvalue weighted by Gasteiger charge is 2.31. The molecular formula is C18H29N. The molecule has 0 radical (unpaired) electrons. The van der Waals surface area contributed by atoms with Gasteiger partial charge < -0.3 is 5.32 Å². The number of rotatable bonds is 5. The summed E-state index contributed by atoms with van der Waals surface area (Å²) in [7, 11) is 0. The summed E-state index contributed by atoms with van der Waals surface area (Å²) in [5.74, 6) is 0. The van der Waals surface area contributed by atoms with Crippen LogP contribution in [0.1, 0.15) is 55.7 Å². The van der Waals surface area contributed by atoms with E-state index in [2.05, 4.69) is 44.3 Å². The van der Waals surface area contributed by atoms with Crippen LogP contribution in [-0.4, -0.2) is 13.1 Å². The zero-order valence-corrected chi connectivity index (χ0v) is 12.9. The van der Waals surface area contributed by atoms with Gasteiger partial charge in [-0.2, -0.15) is 0 Å². The number of aryl methyl sites for hydroxylation is 2. The van der Waals surface area contributed by atoms with Crippen LogP contribution in [0.3, 0.4) is 0 Å². The summed E-state index contributed by atoms with van der Waals surface area (Å²) in [4.78, 5) is 0. The summed E-state index contributed by atoms with van der Waals surface area (Å²) >= 11 is 0. The number of hydrogen-bond donors (Lipinski definition) is 1. The third-order valence-electron chi connectivity index (χ3n) is 4.52. The molecule has 1 fully saturated rings. The molecule has 1 N–H and O–H groups in total. The van der Waals surface area contributed by atoms with E-state index in [0.717, 1.165) is 6.54 Å². The molecule has 0 unspecified atom stereocenters. The fraction of sp³-hybridized carbons (Fsp3) is 0.667. The van der Waals surface area contributed by atoms with Crippen molar-refractivity contribution in [2.75, 3.05) is 13.1 Å². The van der Waals surface area contributed by atoms with Gasteiger partial charge in [-0.25, -0.2) is 0 Å². The van der Waals surface area contributed by atoms with Crippen molar-refractivity contribution in [2.45, 2.75) is 59.3 Å².